The first kappa shape index (κ1) is 12.3. The third kappa shape index (κ3) is 3.20. The van der Waals surface area contributed by atoms with Crippen LogP contribution in [-0.4, -0.2) is 34.6 Å². The molecule has 0 aliphatic carbocycles. The Bertz CT molecular complexity index is 507. The van der Waals surface area contributed by atoms with Gasteiger partial charge < -0.3 is 10.2 Å². The quantitative estimate of drug-likeness (QED) is 0.906. The summed E-state index contributed by atoms with van der Waals surface area (Å²) < 4.78 is 0. The van der Waals surface area contributed by atoms with E-state index in [-0.39, 0.29) is 0 Å². The van der Waals surface area contributed by atoms with Crippen molar-refractivity contribution >= 4 is 22.4 Å². The molecular weight excluding hydrogens is 258 g/mol. The van der Waals surface area contributed by atoms with Crippen molar-refractivity contribution in [3.05, 3.63) is 29.5 Å². The average Bonchev–Trinajstić information content (AvgIpc) is 3.10. The molecule has 1 saturated heterocycles. The maximum atomic E-state index is 4.69. The smallest absolute Gasteiger partial charge is 0.222 e. The second kappa shape index (κ2) is 5.97. The number of hydrogen-bond donors (Lipinski definition) is 1. The summed E-state index contributed by atoms with van der Waals surface area (Å²) in [5, 5.41) is 6.52. The van der Waals surface area contributed by atoms with Crippen LogP contribution in [0.25, 0.3) is 0 Å². The molecule has 1 aliphatic heterocycles. The first-order valence-corrected chi connectivity index (χ1v) is 7.50. The van der Waals surface area contributed by atoms with Crippen LogP contribution in [0, 0.1) is 0 Å². The van der Waals surface area contributed by atoms with Crippen LogP contribution in [0.3, 0.4) is 0 Å². The summed E-state index contributed by atoms with van der Waals surface area (Å²) in [5.74, 6) is 0.678. The molecule has 2 aromatic rings. The number of anilines is 2. The molecule has 0 saturated carbocycles. The van der Waals surface area contributed by atoms with Gasteiger partial charge in [-0.05, 0) is 18.9 Å². The molecule has 19 heavy (non-hydrogen) atoms. The number of hydrogen-bond acceptors (Lipinski definition) is 6. The van der Waals surface area contributed by atoms with Crippen LogP contribution in [0.15, 0.2) is 23.8 Å². The van der Waals surface area contributed by atoms with E-state index in [4.69, 9.17) is 0 Å². The molecule has 6 heteroatoms. The fourth-order valence-corrected chi connectivity index (χ4v) is 3.07. The predicted molar refractivity (Wildman–Crippen MR) is 77.8 cm³/mol. The van der Waals surface area contributed by atoms with E-state index >= 15 is 0 Å². The van der Waals surface area contributed by atoms with Crippen LogP contribution in [0.4, 0.5) is 11.1 Å². The lowest BCUT2D eigenvalue weighted by Gasteiger charge is -2.12. The highest BCUT2D eigenvalue weighted by Crippen LogP contribution is 2.24. The van der Waals surface area contributed by atoms with E-state index in [1.165, 1.54) is 18.0 Å². The number of rotatable bonds is 5. The molecule has 0 amide bonds. The molecule has 0 atom stereocenters. The molecule has 0 radical (unpaired) electrons. The number of nitrogens with one attached hydrogen (secondary N) is 1. The lowest BCUT2D eigenvalue weighted by molar-refractivity contribution is 0.918. The Morgan fingerprint density at radius 3 is 2.79 bits per heavy atom. The van der Waals surface area contributed by atoms with Gasteiger partial charge in [0.1, 0.15) is 0 Å². The normalized spacial score (nSPS) is 14.8. The van der Waals surface area contributed by atoms with Gasteiger partial charge in [0.25, 0.3) is 0 Å². The molecule has 0 bridgehead atoms. The standard InChI is InChI=1S/C13H17N5S/c1-2-9-18(8-1)13-17-11(10-19-13)4-7-16-12-14-5-3-6-15-12/h3,5-6,10H,1-2,4,7-9H2,(H,14,15,16). The largest absolute Gasteiger partial charge is 0.354 e. The molecule has 3 rings (SSSR count). The highest BCUT2D eigenvalue weighted by molar-refractivity contribution is 7.13. The van der Waals surface area contributed by atoms with Gasteiger partial charge in [0, 0.05) is 43.8 Å². The van der Waals surface area contributed by atoms with Gasteiger partial charge in [-0.15, -0.1) is 11.3 Å². The van der Waals surface area contributed by atoms with Gasteiger partial charge in [-0.3, -0.25) is 0 Å². The number of thiazole rings is 1. The van der Waals surface area contributed by atoms with E-state index in [0.29, 0.717) is 5.95 Å². The molecule has 3 heterocycles. The van der Waals surface area contributed by atoms with Gasteiger partial charge in [-0.1, -0.05) is 0 Å². The van der Waals surface area contributed by atoms with Crippen molar-refractivity contribution in [2.24, 2.45) is 0 Å². The molecule has 0 aromatic carbocycles. The van der Waals surface area contributed by atoms with Crippen molar-refractivity contribution in [1.82, 2.24) is 15.0 Å². The van der Waals surface area contributed by atoms with Crippen LogP contribution >= 0.6 is 11.3 Å². The number of nitrogens with zero attached hydrogens (tertiary/aromatic N) is 4. The van der Waals surface area contributed by atoms with Crippen LogP contribution < -0.4 is 10.2 Å². The lowest BCUT2D eigenvalue weighted by Crippen LogP contribution is -2.17. The van der Waals surface area contributed by atoms with Crippen LogP contribution in [0.1, 0.15) is 18.5 Å². The zero-order valence-corrected chi connectivity index (χ0v) is 11.6. The number of aromatic nitrogens is 3. The second-order valence-corrected chi connectivity index (χ2v) is 5.40. The SMILES string of the molecule is c1cnc(NCCc2csc(N3CCCC3)n2)nc1. The van der Waals surface area contributed by atoms with Gasteiger partial charge in [0.2, 0.25) is 5.95 Å². The maximum Gasteiger partial charge on any atom is 0.222 e. The summed E-state index contributed by atoms with van der Waals surface area (Å²) in [6.07, 6.45) is 6.97. The van der Waals surface area contributed by atoms with Crippen molar-refractivity contribution < 1.29 is 0 Å². The van der Waals surface area contributed by atoms with E-state index in [0.717, 1.165) is 31.7 Å². The molecule has 2 aromatic heterocycles. The van der Waals surface area contributed by atoms with Crippen molar-refractivity contribution in [3.63, 3.8) is 0 Å². The van der Waals surface area contributed by atoms with Gasteiger partial charge >= 0.3 is 0 Å². The molecule has 5 nitrogen and oxygen atoms in total. The summed E-state index contributed by atoms with van der Waals surface area (Å²) in [5.41, 5.74) is 1.15. The van der Waals surface area contributed by atoms with Crippen molar-refractivity contribution in [2.45, 2.75) is 19.3 Å². The Morgan fingerprint density at radius 2 is 2.00 bits per heavy atom. The van der Waals surface area contributed by atoms with E-state index in [2.05, 4.69) is 30.5 Å². The Labute approximate surface area is 116 Å². The highest BCUT2D eigenvalue weighted by Gasteiger charge is 2.15. The van der Waals surface area contributed by atoms with Crippen molar-refractivity contribution in [3.8, 4) is 0 Å². The van der Waals surface area contributed by atoms with E-state index in [1.54, 1.807) is 23.7 Å². The van der Waals surface area contributed by atoms with Gasteiger partial charge in [0.05, 0.1) is 5.69 Å². The highest BCUT2D eigenvalue weighted by atomic mass is 32.1. The molecule has 1 N–H and O–H groups in total. The van der Waals surface area contributed by atoms with Crippen LogP contribution in [-0.2, 0) is 6.42 Å². The first-order chi connectivity index (χ1) is 9.42. The average molecular weight is 275 g/mol. The van der Waals surface area contributed by atoms with Crippen molar-refractivity contribution in [2.75, 3.05) is 29.9 Å². The zero-order valence-electron chi connectivity index (χ0n) is 10.7. The monoisotopic (exact) mass is 275 g/mol. The summed E-state index contributed by atoms with van der Waals surface area (Å²) in [7, 11) is 0. The Balaban J connectivity index is 1.50. The van der Waals surface area contributed by atoms with Gasteiger partial charge in [0.15, 0.2) is 5.13 Å². The minimum absolute atomic E-state index is 0.678. The minimum Gasteiger partial charge on any atom is -0.354 e. The molecule has 100 valence electrons. The zero-order chi connectivity index (χ0) is 12.9. The van der Waals surface area contributed by atoms with E-state index < -0.39 is 0 Å². The summed E-state index contributed by atoms with van der Waals surface area (Å²) in [4.78, 5) is 15.3. The van der Waals surface area contributed by atoms with Gasteiger partial charge in [-0.2, -0.15) is 0 Å². The van der Waals surface area contributed by atoms with Crippen LogP contribution in [0.2, 0.25) is 0 Å². The maximum absolute atomic E-state index is 4.69. The molecule has 1 fully saturated rings. The Morgan fingerprint density at radius 1 is 1.21 bits per heavy atom. The summed E-state index contributed by atoms with van der Waals surface area (Å²) >= 11 is 1.75. The Kier molecular flexibility index (Phi) is 3.88. The molecule has 0 spiro atoms. The van der Waals surface area contributed by atoms with Crippen LogP contribution in [0.5, 0.6) is 0 Å². The topological polar surface area (TPSA) is 53.9 Å². The molecule has 0 unspecified atom stereocenters. The lowest BCUT2D eigenvalue weighted by atomic mass is 10.3. The first-order valence-electron chi connectivity index (χ1n) is 6.62. The molecular formula is C13H17N5S. The van der Waals surface area contributed by atoms with Gasteiger partial charge in [-0.25, -0.2) is 15.0 Å². The van der Waals surface area contributed by atoms with E-state index in [9.17, 15) is 0 Å². The fraction of sp³-hybridized carbons (Fsp3) is 0.462. The predicted octanol–water partition coefficient (Wildman–Crippen LogP) is 2.19. The minimum atomic E-state index is 0.678. The van der Waals surface area contributed by atoms with Crippen molar-refractivity contribution in [1.29, 1.82) is 0 Å². The second-order valence-electron chi connectivity index (χ2n) is 4.56. The third-order valence-corrected chi connectivity index (χ3v) is 4.10. The van der Waals surface area contributed by atoms with E-state index in [1.807, 2.05) is 6.07 Å². The summed E-state index contributed by atoms with van der Waals surface area (Å²) in [6, 6.07) is 1.81. The summed E-state index contributed by atoms with van der Waals surface area (Å²) in [6.45, 7) is 3.12. The fourth-order valence-electron chi connectivity index (χ4n) is 2.16. The Hall–Kier alpha value is -1.69. The third-order valence-electron chi connectivity index (χ3n) is 3.15. The molecule has 1 aliphatic rings.